The molecule has 2 N–H and O–H groups in total. The number of nitrogens with zero attached hydrogens (tertiary/aromatic N) is 3. The zero-order valence-electron chi connectivity index (χ0n) is 10.9. The summed E-state index contributed by atoms with van der Waals surface area (Å²) in [5.41, 5.74) is 2.27. The smallest absolute Gasteiger partial charge is 0.323 e. The number of hydrogen-bond donors (Lipinski definition) is 2. The third kappa shape index (κ3) is 2.40. The quantitative estimate of drug-likeness (QED) is 0.849. The summed E-state index contributed by atoms with van der Waals surface area (Å²) < 4.78 is 0. The number of amides is 1. The number of aryl methyl sites for hydroxylation is 2. The minimum absolute atomic E-state index is 0.349. The van der Waals surface area contributed by atoms with Crippen LogP contribution in [-0.2, 0) is 4.79 Å². The second-order valence-corrected chi connectivity index (χ2v) is 4.41. The van der Waals surface area contributed by atoms with Gasteiger partial charge in [0.1, 0.15) is 6.54 Å². The summed E-state index contributed by atoms with van der Waals surface area (Å²) in [4.78, 5) is 28.3. The second-order valence-electron chi connectivity index (χ2n) is 4.41. The van der Waals surface area contributed by atoms with E-state index in [9.17, 15) is 9.59 Å². The van der Waals surface area contributed by atoms with Crippen LogP contribution in [0.25, 0.3) is 11.0 Å². The van der Waals surface area contributed by atoms with Gasteiger partial charge >= 0.3 is 5.97 Å². The highest BCUT2D eigenvalue weighted by atomic mass is 16.4. The third-order valence-electron chi connectivity index (χ3n) is 2.78. The summed E-state index contributed by atoms with van der Waals surface area (Å²) in [6.45, 7) is 3.20. The Balaban J connectivity index is 2.52. The van der Waals surface area contributed by atoms with Crippen molar-refractivity contribution in [1.82, 2.24) is 20.1 Å². The van der Waals surface area contributed by atoms with E-state index in [1.165, 1.54) is 7.05 Å². The van der Waals surface area contributed by atoms with E-state index >= 15 is 0 Å². The van der Waals surface area contributed by atoms with Crippen LogP contribution in [0.1, 0.15) is 21.7 Å². The Labute approximate surface area is 109 Å². The number of fused-ring (bicyclic) bond motifs is 1. The van der Waals surface area contributed by atoms with Crippen LogP contribution in [0.2, 0.25) is 0 Å². The first kappa shape index (κ1) is 13.0. The normalized spacial score (nSPS) is 10.7. The van der Waals surface area contributed by atoms with Crippen molar-refractivity contribution < 1.29 is 14.7 Å². The van der Waals surface area contributed by atoms with Crippen LogP contribution < -0.4 is 0 Å². The minimum atomic E-state index is -1.05. The van der Waals surface area contributed by atoms with Crippen molar-refractivity contribution in [3.8, 4) is 0 Å². The van der Waals surface area contributed by atoms with E-state index in [0.29, 0.717) is 22.3 Å². The maximum Gasteiger partial charge on any atom is 0.323 e. The number of aliphatic carboxylic acids is 1. The molecule has 19 heavy (non-hydrogen) atoms. The second kappa shape index (κ2) is 4.68. The number of rotatable bonds is 3. The predicted octanol–water partition coefficient (Wildman–Crippen LogP) is 0.731. The van der Waals surface area contributed by atoms with E-state index in [0.717, 1.165) is 10.6 Å². The van der Waals surface area contributed by atoms with Crippen LogP contribution in [0, 0.1) is 13.8 Å². The first-order valence-corrected chi connectivity index (χ1v) is 5.69. The van der Waals surface area contributed by atoms with E-state index in [1.54, 1.807) is 19.9 Å². The number of carbonyl (C=O) groups excluding carboxylic acids is 1. The Morgan fingerprint density at radius 2 is 2.11 bits per heavy atom. The fourth-order valence-corrected chi connectivity index (χ4v) is 1.95. The number of H-pyrrole nitrogens is 1. The van der Waals surface area contributed by atoms with Gasteiger partial charge in [-0.05, 0) is 19.9 Å². The molecule has 100 valence electrons. The van der Waals surface area contributed by atoms with Crippen molar-refractivity contribution in [1.29, 1.82) is 0 Å². The predicted molar refractivity (Wildman–Crippen MR) is 68.0 cm³/mol. The fraction of sp³-hybridized carbons (Fsp3) is 0.333. The number of carboxylic acid groups (broad SMARTS) is 1. The minimum Gasteiger partial charge on any atom is -0.480 e. The lowest BCUT2D eigenvalue weighted by Gasteiger charge is -2.15. The Bertz CT molecular complexity index is 662. The van der Waals surface area contributed by atoms with Crippen molar-refractivity contribution >= 4 is 22.9 Å². The number of carboxylic acids is 1. The zero-order chi connectivity index (χ0) is 14.2. The Kier molecular flexibility index (Phi) is 3.20. The van der Waals surface area contributed by atoms with Crippen LogP contribution in [0.15, 0.2) is 6.07 Å². The number of hydrogen-bond acceptors (Lipinski definition) is 4. The SMILES string of the molecule is Cc1cc(C(=O)N(C)CC(=O)O)c2c(C)[nH]nc2n1. The lowest BCUT2D eigenvalue weighted by molar-refractivity contribution is -0.137. The van der Waals surface area contributed by atoms with Crippen LogP contribution in [0.5, 0.6) is 0 Å². The van der Waals surface area contributed by atoms with Crippen LogP contribution >= 0.6 is 0 Å². The van der Waals surface area contributed by atoms with Gasteiger partial charge in [0.2, 0.25) is 0 Å². The summed E-state index contributed by atoms with van der Waals surface area (Å²) in [6.07, 6.45) is 0. The number of pyridine rings is 1. The monoisotopic (exact) mass is 262 g/mol. The van der Waals surface area contributed by atoms with E-state index in [-0.39, 0.29) is 12.5 Å². The molecule has 7 heteroatoms. The lowest BCUT2D eigenvalue weighted by Crippen LogP contribution is -2.32. The standard InChI is InChI=1S/C12H14N4O3/c1-6-4-8(12(19)16(3)5-9(17)18)10-7(2)14-15-11(10)13-6/h4H,5H2,1-3H3,(H,17,18)(H,13,14,15). The largest absolute Gasteiger partial charge is 0.480 e. The van der Waals surface area contributed by atoms with Gasteiger partial charge < -0.3 is 10.0 Å². The molecule has 2 aromatic rings. The highest BCUT2D eigenvalue weighted by Gasteiger charge is 2.20. The van der Waals surface area contributed by atoms with Crippen molar-refractivity contribution in [3.05, 3.63) is 23.0 Å². The van der Waals surface area contributed by atoms with Crippen molar-refractivity contribution in [3.63, 3.8) is 0 Å². The third-order valence-corrected chi connectivity index (χ3v) is 2.78. The zero-order valence-corrected chi connectivity index (χ0v) is 10.9. The molecule has 0 radical (unpaired) electrons. The Morgan fingerprint density at radius 1 is 1.42 bits per heavy atom. The van der Waals surface area contributed by atoms with Gasteiger partial charge in [0.05, 0.1) is 10.9 Å². The van der Waals surface area contributed by atoms with Crippen LogP contribution in [0.3, 0.4) is 0 Å². The molecule has 0 spiro atoms. The summed E-state index contributed by atoms with van der Waals surface area (Å²) >= 11 is 0. The Morgan fingerprint density at radius 3 is 2.74 bits per heavy atom. The van der Waals surface area contributed by atoms with Gasteiger partial charge in [0, 0.05) is 18.4 Å². The van der Waals surface area contributed by atoms with Gasteiger partial charge in [-0.25, -0.2) is 4.98 Å². The molecule has 0 saturated carbocycles. The number of carbonyl (C=O) groups is 2. The van der Waals surface area contributed by atoms with Gasteiger partial charge in [-0.3, -0.25) is 14.7 Å². The first-order valence-electron chi connectivity index (χ1n) is 5.69. The summed E-state index contributed by atoms with van der Waals surface area (Å²) in [6, 6.07) is 1.64. The highest BCUT2D eigenvalue weighted by molar-refractivity contribution is 6.06. The molecule has 0 aliphatic rings. The number of aromatic nitrogens is 3. The molecule has 2 heterocycles. The number of aromatic amines is 1. The lowest BCUT2D eigenvalue weighted by atomic mass is 10.1. The molecule has 0 bridgehead atoms. The molecule has 0 saturated heterocycles. The molecular weight excluding hydrogens is 248 g/mol. The van der Waals surface area contributed by atoms with E-state index < -0.39 is 5.97 Å². The van der Waals surface area contributed by atoms with E-state index in [1.807, 2.05) is 0 Å². The molecule has 7 nitrogen and oxygen atoms in total. The molecule has 0 aromatic carbocycles. The van der Waals surface area contributed by atoms with E-state index in [2.05, 4.69) is 15.2 Å². The highest BCUT2D eigenvalue weighted by Crippen LogP contribution is 2.21. The summed E-state index contributed by atoms with van der Waals surface area (Å²) in [7, 11) is 1.45. The summed E-state index contributed by atoms with van der Waals surface area (Å²) in [5.74, 6) is -1.41. The molecule has 0 aliphatic carbocycles. The average molecular weight is 262 g/mol. The average Bonchev–Trinajstić information content (AvgIpc) is 2.68. The molecule has 1 amide bonds. The van der Waals surface area contributed by atoms with Crippen LogP contribution in [-0.4, -0.2) is 50.7 Å². The van der Waals surface area contributed by atoms with Crippen molar-refractivity contribution in [2.45, 2.75) is 13.8 Å². The molecule has 0 unspecified atom stereocenters. The van der Waals surface area contributed by atoms with Gasteiger partial charge in [-0.1, -0.05) is 0 Å². The topological polar surface area (TPSA) is 99.2 Å². The maximum atomic E-state index is 12.3. The molecule has 0 aliphatic heterocycles. The van der Waals surface area contributed by atoms with Crippen molar-refractivity contribution in [2.75, 3.05) is 13.6 Å². The maximum absolute atomic E-state index is 12.3. The Hall–Kier alpha value is -2.44. The van der Waals surface area contributed by atoms with Crippen molar-refractivity contribution in [2.24, 2.45) is 0 Å². The van der Waals surface area contributed by atoms with E-state index in [4.69, 9.17) is 5.11 Å². The first-order chi connectivity index (χ1) is 8.90. The molecule has 2 aromatic heterocycles. The molecular formula is C12H14N4O3. The summed E-state index contributed by atoms with van der Waals surface area (Å²) in [5, 5.41) is 16.2. The fourth-order valence-electron chi connectivity index (χ4n) is 1.95. The van der Waals surface area contributed by atoms with Gasteiger partial charge in [-0.2, -0.15) is 5.10 Å². The van der Waals surface area contributed by atoms with Crippen LogP contribution in [0.4, 0.5) is 0 Å². The molecule has 2 rings (SSSR count). The number of nitrogens with one attached hydrogen (secondary N) is 1. The van der Waals surface area contributed by atoms with Gasteiger partial charge in [0.15, 0.2) is 5.65 Å². The van der Waals surface area contributed by atoms with Gasteiger partial charge in [0.25, 0.3) is 5.91 Å². The number of likely N-dealkylation sites (N-methyl/N-ethyl adjacent to an activating group) is 1. The molecule has 0 fully saturated rings. The molecule has 0 atom stereocenters. The van der Waals surface area contributed by atoms with Gasteiger partial charge in [-0.15, -0.1) is 0 Å².